The molecule has 172 valence electrons. The number of hydrogen-bond acceptors (Lipinski definition) is 1. The number of benzene rings is 2. The minimum Gasteiger partial charge on any atom is -0.486 e. The van der Waals surface area contributed by atoms with Gasteiger partial charge in [-0.05, 0) is 92.0 Å². The van der Waals surface area contributed by atoms with E-state index in [0.717, 1.165) is 30.7 Å². The molecule has 0 saturated heterocycles. The van der Waals surface area contributed by atoms with Gasteiger partial charge in [-0.25, -0.2) is 8.78 Å². The molecule has 0 amide bonds. The third-order valence-electron chi connectivity index (χ3n) is 7.17. The van der Waals surface area contributed by atoms with Gasteiger partial charge in [0.15, 0.2) is 11.6 Å². The van der Waals surface area contributed by atoms with E-state index in [4.69, 9.17) is 4.74 Å². The lowest BCUT2D eigenvalue weighted by atomic mass is 9.64. The standard InChI is InChI=1S/C29H29F3O/c1-3-15-33-27-14-12-21(28(31)29(27)32)8-6-20-7-13-25(26(30)17-20)24-11-10-22-16-19(4-2)5-9-23(22)18-24/h3-4,7,12-14,17,19,22-24H,1-2,5,9-11,15-16,18H2. The Balaban J connectivity index is 1.46. The number of rotatable bonds is 5. The Morgan fingerprint density at radius 2 is 1.70 bits per heavy atom. The van der Waals surface area contributed by atoms with E-state index in [1.807, 2.05) is 6.07 Å². The summed E-state index contributed by atoms with van der Waals surface area (Å²) in [5.41, 5.74) is 1.07. The fourth-order valence-corrected chi connectivity index (χ4v) is 5.39. The van der Waals surface area contributed by atoms with Crippen LogP contribution in [0.4, 0.5) is 13.2 Å². The van der Waals surface area contributed by atoms with Crippen molar-refractivity contribution in [1.29, 1.82) is 0 Å². The molecule has 1 nitrogen and oxygen atoms in total. The van der Waals surface area contributed by atoms with Crippen LogP contribution in [0.5, 0.6) is 5.75 Å². The predicted molar refractivity (Wildman–Crippen MR) is 126 cm³/mol. The maximum absolute atomic E-state index is 15.0. The zero-order valence-electron chi connectivity index (χ0n) is 18.8. The Kier molecular flexibility index (Phi) is 7.28. The van der Waals surface area contributed by atoms with Gasteiger partial charge in [0, 0.05) is 5.56 Å². The van der Waals surface area contributed by atoms with Crippen LogP contribution < -0.4 is 4.74 Å². The molecule has 4 atom stereocenters. The van der Waals surface area contributed by atoms with Gasteiger partial charge in [-0.2, -0.15) is 4.39 Å². The number of halogens is 3. The van der Waals surface area contributed by atoms with E-state index in [0.29, 0.717) is 17.4 Å². The number of allylic oxidation sites excluding steroid dienone is 1. The molecule has 2 aromatic rings. The van der Waals surface area contributed by atoms with Gasteiger partial charge in [-0.15, -0.1) is 6.58 Å². The maximum Gasteiger partial charge on any atom is 0.201 e. The summed E-state index contributed by atoms with van der Waals surface area (Å²) in [6, 6.07) is 7.66. The van der Waals surface area contributed by atoms with Gasteiger partial charge in [0.2, 0.25) is 5.82 Å². The van der Waals surface area contributed by atoms with E-state index < -0.39 is 11.6 Å². The molecule has 0 heterocycles. The molecule has 2 aromatic carbocycles. The first-order chi connectivity index (χ1) is 16.0. The molecule has 33 heavy (non-hydrogen) atoms. The Morgan fingerprint density at radius 3 is 2.45 bits per heavy atom. The van der Waals surface area contributed by atoms with Crippen molar-refractivity contribution in [2.75, 3.05) is 6.61 Å². The van der Waals surface area contributed by atoms with Crippen molar-refractivity contribution in [1.82, 2.24) is 0 Å². The molecule has 2 aliphatic carbocycles. The quantitative estimate of drug-likeness (QED) is 0.337. The van der Waals surface area contributed by atoms with Crippen LogP contribution in [0.15, 0.2) is 55.6 Å². The molecule has 0 aromatic heterocycles. The largest absolute Gasteiger partial charge is 0.486 e. The minimum atomic E-state index is -1.09. The molecule has 0 N–H and O–H groups in total. The summed E-state index contributed by atoms with van der Waals surface area (Å²) in [5.74, 6) is 4.98. The normalized spacial score (nSPS) is 24.2. The van der Waals surface area contributed by atoms with Crippen LogP contribution in [0.3, 0.4) is 0 Å². The average Bonchev–Trinajstić information content (AvgIpc) is 2.83. The average molecular weight is 451 g/mol. The molecule has 4 rings (SSSR count). The summed E-state index contributed by atoms with van der Waals surface area (Å²) in [5, 5.41) is 0. The molecule has 2 fully saturated rings. The number of hydrogen-bond donors (Lipinski definition) is 0. The molecular formula is C29H29F3O. The van der Waals surface area contributed by atoms with Crippen molar-refractivity contribution in [2.45, 2.75) is 44.4 Å². The molecule has 0 aliphatic heterocycles. The van der Waals surface area contributed by atoms with Crippen LogP contribution >= 0.6 is 0 Å². The van der Waals surface area contributed by atoms with Gasteiger partial charge in [0.05, 0.1) is 5.56 Å². The predicted octanol–water partition coefficient (Wildman–Crippen LogP) is 7.55. The Bertz CT molecular complexity index is 1090. The highest BCUT2D eigenvalue weighted by Gasteiger charge is 2.35. The second kappa shape index (κ2) is 10.3. The van der Waals surface area contributed by atoms with Crippen molar-refractivity contribution in [2.24, 2.45) is 17.8 Å². The summed E-state index contributed by atoms with van der Waals surface area (Å²) >= 11 is 0. The topological polar surface area (TPSA) is 9.23 Å². The molecule has 4 heteroatoms. The van der Waals surface area contributed by atoms with Crippen molar-refractivity contribution in [3.63, 3.8) is 0 Å². The molecule has 0 radical (unpaired) electrons. The molecule has 4 unspecified atom stereocenters. The smallest absolute Gasteiger partial charge is 0.201 e. The minimum absolute atomic E-state index is 0.0742. The third-order valence-corrected chi connectivity index (χ3v) is 7.17. The lowest BCUT2D eigenvalue weighted by molar-refractivity contribution is 0.132. The van der Waals surface area contributed by atoms with Crippen molar-refractivity contribution in [3.05, 3.63) is 89.8 Å². The van der Waals surface area contributed by atoms with E-state index in [-0.39, 0.29) is 29.7 Å². The van der Waals surface area contributed by atoms with Gasteiger partial charge < -0.3 is 4.74 Å². The lowest BCUT2D eigenvalue weighted by Gasteiger charge is -2.41. The highest BCUT2D eigenvalue weighted by molar-refractivity contribution is 5.46. The highest BCUT2D eigenvalue weighted by atomic mass is 19.2. The van der Waals surface area contributed by atoms with Crippen molar-refractivity contribution in [3.8, 4) is 17.6 Å². The second-order valence-corrected chi connectivity index (χ2v) is 9.16. The van der Waals surface area contributed by atoms with Gasteiger partial charge >= 0.3 is 0 Å². The Labute approximate surface area is 194 Å². The van der Waals surface area contributed by atoms with Crippen LogP contribution in [-0.2, 0) is 0 Å². The molecule has 0 spiro atoms. The summed E-state index contributed by atoms with van der Waals surface area (Å²) in [6.45, 7) is 7.51. The molecule has 2 saturated carbocycles. The van der Waals surface area contributed by atoms with Crippen LogP contribution in [-0.4, -0.2) is 6.61 Å². The van der Waals surface area contributed by atoms with E-state index in [1.165, 1.54) is 43.5 Å². The fraction of sp³-hybridized carbons (Fsp3) is 0.379. The lowest BCUT2D eigenvalue weighted by Crippen LogP contribution is -2.30. The Hall–Kier alpha value is -2.93. The zero-order chi connectivity index (χ0) is 23.4. The highest BCUT2D eigenvalue weighted by Crippen LogP contribution is 2.48. The van der Waals surface area contributed by atoms with E-state index >= 15 is 0 Å². The third kappa shape index (κ3) is 5.19. The van der Waals surface area contributed by atoms with Crippen LogP contribution in [0, 0.1) is 47.0 Å². The zero-order valence-corrected chi connectivity index (χ0v) is 18.8. The van der Waals surface area contributed by atoms with Crippen LogP contribution in [0.25, 0.3) is 0 Å². The van der Waals surface area contributed by atoms with E-state index in [9.17, 15) is 13.2 Å². The Morgan fingerprint density at radius 1 is 0.909 bits per heavy atom. The summed E-state index contributed by atoms with van der Waals surface area (Å²) in [7, 11) is 0. The first-order valence-corrected chi connectivity index (χ1v) is 11.7. The van der Waals surface area contributed by atoms with Crippen LogP contribution in [0.2, 0.25) is 0 Å². The number of fused-ring (bicyclic) bond motifs is 1. The second-order valence-electron chi connectivity index (χ2n) is 9.16. The van der Waals surface area contributed by atoms with Gasteiger partial charge in [0.25, 0.3) is 0 Å². The fourth-order valence-electron chi connectivity index (χ4n) is 5.39. The van der Waals surface area contributed by atoms with Gasteiger partial charge in [0.1, 0.15) is 12.4 Å². The van der Waals surface area contributed by atoms with E-state index in [1.54, 1.807) is 6.07 Å². The first kappa shape index (κ1) is 23.2. The van der Waals surface area contributed by atoms with E-state index in [2.05, 4.69) is 31.1 Å². The molecular weight excluding hydrogens is 421 g/mol. The number of ether oxygens (including phenoxy) is 1. The van der Waals surface area contributed by atoms with Gasteiger partial charge in [-0.3, -0.25) is 0 Å². The summed E-state index contributed by atoms with van der Waals surface area (Å²) < 4.78 is 48.5. The van der Waals surface area contributed by atoms with Crippen LogP contribution in [0.1, 0.15) is 61.1 Å². The maximum atomic E-state index is 15.0. The van der Waals surface area contributed by atoms with Crippen molar-refractivity contribution >= 4 is 0 Å². The summed E-state index contributed by atoms with van der Waals surface area (Å²) in [6.07, 6.45) is 10.3. The molecule has 0 bridgehead atoms. The summed E-state index contributed by atoms with van der Waals surface area (Å²) in [4.78, 5) is 0. The van der Waals surface area contributed by atoms with Crippen molar-refractivity contribution < 1.29 is 17.9 Å². The first-order valence-electron chi connectivity index (χ1n) is 11.7. The monoisotopic (exact) mass is 450 g/mol. The molecule has 2 aliphatic rings. The van der Waals surface area contributed by atoms with Gasteiger partial charge in [-0.1, -0.05) is 36.6 Å². The SMILES string of the molecule is C=CCOc1ccc(C#Cc2ccc(C3CCC4CC(C=C)CCC4C3)c(F)c2)c(F)c1F.